The van der Waals surface area contributed by atoms with Crippen molar-refractivity contribution in [2.24, 2.45) is 4.99 Å². The number of fused-ring (bicyclic) bond motifs is 1. The Morgan fingerprint density at radius 2 is 2.00 bits per heavy atom. The third-order valence-corrected chi connectivity index (χ3v) is 4.87. The lowest BCUT2D eigenvalue weighted by Gasteiger charge is -2.19. The highest BCUT2D eigenvalue weighted by Crippen LogP contribution is 2.31. The normalized spacial score (nSPS) is 15.6. The van der Waals surface area contributed by atoms with E-state index in [1.165, 1.54) is 0 Å². The third kappa shape index (κ3) is 3.74. The van der Waals surface area contributed by atoms with Gasteiger partial charge in [0.2, 0.25) is 0 Å². The van der Waals surface area contributed by atoms with Crippen LogP contribution in [0, 0.1) is 0 Å². The molecule has 134 valence electrons. The molecule has 0 saturated carbocycles. The Bertz CT molecular complexity index is 989. The maximum Gasteiger partial charge on any atom is 0.307 e. The van der Waals surface area contributed by atoms with Crippen molar-refractivity contribution in [3.05, 3.63) is 58.5 Å². The average molecular weight is 351 g/mol. The van der Waals surface area contributed by atoms with Gasteiger partial charge in [-0.05, 0) is 58.2 Å². The summed E-state index contributed by atoms with van der Waals surface area (Å²) in [7, 11) is 0. The molecule has 26 heavy (non-hydrogen) atoms. The summed E-state index contributed by atoms with van der Waals surface area (Å²) in [6.07, 6.45) is 3.96. The molecule has 0 radical (unpaired) electrons. The van der Waals surface area contributed by atoms with Crippen molar-refractivity contribution in [2.45, 2.75) is 32.4 Å². The minimum atomic E-state index is -1.37. The number of hydrogen-bond donors (Lipinski definition) is 1. The van der Waals surface area contributed by atoms with Crippen LogP contribution in [0.4, 0.5) is 4.39 Å². The highest BCUT2D eigenvalue weighted by atomic mass is 19.1. The van der Waals surface area contributed by atoms with Crippen molar-refractivity contribution < 1.29 is 14.3 Å². The molecule has 0 amide bonds. The van der Waals surface area contributed by atoms with Crippen LogP contribution in [0.1, 0.15) is 32.3 Å². The summed E-state index contributed by atoms with van der Waals surface area (Å²) in [6.45, 7) is 3.95. The van der Waals surface area contributed by atoms with E-state index in [0.717, 1.165) is 21.6 Å². The van der Waals surface area contributed by atoms with Crippen LogP contribution in [-0.4, -0.2) is 23.8 Å². The zero-order valence-electron chi connectivity index (χ0n) is 15.0. The Morgan fingerprint density at radius 3 is 2.73 bits per heavy atom. The summed E-state index contributed by atoms with van der Waals surface area (Å²) < 4.78 is 14.7. The molecule has 2 aromatic carbocycles. The molecule has 0 spiro atoms. The zero-order chi connectivity index (χ0) is 18.7. The van der Waals surface area contributed by atoms with Crippen LogP contribution >= 0.6 is 0 Å². The molecule has 1 aliphatic rings. The Labute approximate surface area is 152 Å². The number of aliphatic carboxylic acids is 1. The van der Waals surface area contributed by atoms with Crippen LogP contribution in [0.25, 0.3) is 22.8 Å². The van der Waals surface area contributed by atoms with Gasteiger partial charge in [0, 0.05) is 6.21 Å². The molecule has 0 fully saturated rings. The minimum absolute atomic E-state index is 0.0772. The summed E-state index contributed by atoms with van der Waals surface area (Å²) in [6, 6.07) is 13.4. The quantitative estimate of drug-likeness (QED) is 0.897. The number of carboxylic acid groups (broad SMARTS) is 1. The fraction of sp³-hybridized carbons (Fsp3) is 0.273. The summed E-state index contributed by atoms with van der Waals surface area (Å²) in [4.78, 5) is 15.4. The molecule has 0 aliphatic carbocycles. The second-order valence-electron chi connectivity index (χ2n) is 6.73. The first kappa shape index (κ1) is 18.1. The van der Waals surface area contributed by atoms with Crippen molar-refractivity contribution in [2.75, 3.05) is 6.54 Å². The Balaban J connectivity index is 2.16. The maximum atomic E-state index is 14.7. The van der Waals surface area contributed by atoms with Gasteiger partial charge in [-0.25, -0.2) is 4.39 Å². The molecule has 2 aromatic rings. The largest absolute Gasteiger partial charge is 0.481 e. The Kier molecular flexibility index (Phi) is 5.03. The molecule has 0 unspecified atom stereocenters. The number of nitrogens with zero attached hydrogens (tertiary/aromatic N) is 1. The summed E-state index contributed by atoms with van der Waals surface area (Å²) in [5, 5.41) is 11.0. The minimum Gasteiger partial charge on any atom is -0.481 e. The second kappa shape index (κ2) is 7.24. The predicted molar refractivity (Wildman–Crippen MR) is 103 cm³/mol. The lowest BCUT2D eigenvalue weighted by molar-refractivity contribution is -0.135. The lowest BCUT2D eigenvalue weighted by atomic mass is 9.92. The monoisotopic (exact) mass is 351 g/mol. The van der Waals surface area contributed by atoms with Crippen LogP contribution in [0.15, 0.2) is 47.5 Å². The van der Waals surface area contributed by atoms with Crippen molar-refractivity contribution in [1.82, 2.24) is 0 Å². The van der Waals surface area contributed by atoms with E-state index in [4.69, 9.17) is 0 Å². The van der Waals surface area contributed by atoms with Crippen molar-refractivity contribution >= 4 is 23.8 Å². The van der Waals surface area contributed by atoms with Gasteiger partial charge < -0.3 is 5.11 Å². The lowest BCUT2D eigenvalue weighted by Crippen LogP contribution is -2.27. The number of halogens is 1. The molecule has 3 nitrogen and oxygen atoms in total. The van der Waals surface area contributed by atoms with Crippen molar-refractivity contribution in [3.8, 4) is 11.1 Å². The van der Waals surface area contributed by atoms with E-state index in [1.807, 2.05) is 49.4 Å². The van der Waals surface area contributed by atoms with Crippen molar-refractivity contribution in [1.29, 1.82) is 0 Å². The van der Waals surface area contributed by atoms with Gasteiger partial charge in [-0.15, -0.1) is 0 Å². The molecular weight excluding hydrogens is 329 g/mol. The van der Waals surface area contributed by atoms with Gasteiger partial charge in [0.05, 0.1) is 13.0 Å². The van der Waals surface area contributed by atoms with Gasteiger partial charge >= 0.3 is 5.97 Å². The van der Waals surface area contributed by atoms with Crippen LogP contribution in [0.3, 0.4) is 0 Å². The molecule has 1 heterocycles. The first-order valence-electron chi connectivity index (χ1n) is 8.75. The molecular formula is C22H22FNO2. The van der Waals surface area contributed by atoms with Crippen molar-refractivity contribution in [3.63, 3.8) is 0 Å². The smallest absolute Gasteiger partial charge is 0.307 e. The second-order valence-corrected chi connectivity index (χ2v) is 6.73. The van der Waals surface area contributed by atoms with E-state index < -0.39 is 11.6 Å². The van der Waals surface area contributed by atoms with E-state index in [-0.39, 0.29) is 6.42 Å². The van der Waals surface area contributed by atoms with Gasteiger partial charge in [-0.3, -0.25) is 9.79 Å². The fourth-order valence-corrected chi connectivity index (χ4v) is 3.11. The fourth-order valence-electron chi connectivity index (χ4n) is 3.11. The Morgan fingerprint density at radius 1 is 1.23 bits per heavy atom. The van der Waals surface area contributed by atoms with Crippen LogP contribution in [0.5, 0.6) is 0 Å². The van der Waals surface area contributed by atoms with Crippen LogP contribution in [-0.2, 0) is 10.5 Å². The number of alkyl halides is 1. The molecule has 1 N–H and O–H groups in total. The predicted octanol–water partition coefficient (Wildman–Crippen LogP) is 3.44. The number of aliphatic imine (C=N–C) groups is 1. The summed E-state index contributed by atoms with van der Waals surface area (Å²) >= 11 is 0. The third-order valence-electron chi connectivity index (χ3n) is 4.87. The number of benzene rings is 2. The first-order chi connectivity index (χ1) is 12.4. The van der Waals surface area contributed by atoms with Gasteiger partial charge in [-0.2, -0.15) is 0 Å². The molecule has 4 heteroatoms. The Hall–Kier alpha value is -2.75. The number of carbonyl (C=O) groups is 1. The standard InChI is InChI=1S/C22H22FNO2/c1-3-22(2,23)19-6-4-5-16(11-19)17-8-7-15-9-10-24-14-18(13-21(25)26)20(15)12-17/h4-9,11-12,14H,3,10,13H2,1-2H3,(H,25,26)/t22-/m0/s1. The molecule has 1 aliphatic heterocycles. The molecule has 1 atom stereocenters. The number of carboxylic acids is 1. The van der Waals surface area contributed by atoms with Crippen LogP contribution in [0.2, 0.25) is 0 Å². The van der Waals surface area contributed by atoms with Gasteiger partial charge in [0.25, 0.3) is 0 Å². The zero-order valence-corrected chi connectivity index (χ0v) is 15.0. The topological polar surface area (TPSA) is 49.7 Å². The molecule has 0 saturated heterocycles. The average Bonchev–Trinajstić information content (AvgIpc) is 2.83. The highest BCUT2D eigenvalue weighted by molar-refractivity contribution is 6.07. The molecule has 0 bridgehead atoms. The highest BCUT2D eigenvalue weighted by Gasteiger charge is 2.23. The van der Waals surface area contributed by atoms with Gasteiger partial charge in [-0.1, -0.05) is 43.3 Å². The summed E-state index contributed by atoms with van der Waals surface area (Å²) in [5.74, 6) is -0.886. The molecule has 3 rings (SSSR count). The van der Waals surface area contributed by atoms with E-state index >= 15 is 0 Å². The summed E-state index contributed by atoms with van der Waals surface area (Å²) in [5.41, 5.74) is 1.81. The van der Waals surface area contributed by atoms with Gasteiger partial charge in [0.15, 0.2) is 0 Å². The van der Waals surface area contributed by atoms with E-state index in [9.17, 15) is 14.3 Å². The van der Waals surface area contributed by atoms with E-state index in [1.54, 1.807) is 19.2 Å². The SMILES string of the molecule is CC[C@](C)(F)c1cccc(-c2ccc3c(c2)=C(CC(=O)O)C=NCC=3)c1. The maximum absolute atomic E-state index is 14.7. The first-order valence-corrected chi connectivity index (χ1v) is 8.75. The molecule has 0 aromatic heterocycles. The van der Waals surface area contributed by atoms with E-state index in [2.05, 4.69) is 4.99 Å². The van der Waals surface area contributed by atoms with Gasteiger partial charge in [0.1, 0.15) is 5.67 Å². The number of rotatable bonds is 5. The number of hydrogen-bond acceptors (Lipinski definition) is 2. The van der Waals surface area contributed by atoms with E-state index in [0.29, 0.717) is 24.1 Å². The van der Waals surface area contributed by atoms with Crippen LogP contribution < -0.4 is 10.4 Å².